The molecule has 0 radical (unpaired) electrons. The zero-order chi connectivity index (χ0) is 14.1. The number of carbonyl (C=O) groups is 1. The SMILES string of the molecule is COc1ccccc1CC(=O)NCCCC(C)CN. The van der Waals surface area contributed by atoms with Crippen LogP contribution in [0.3, 0.4) is 0 Å². The summed E-state index contributed by atoms with van der Waals surface area (Å²) >= 11 is 0. The van der Waals surface area contributed by atoms with Gasteiger partial charge in [-0.05, 0) is 31.4 Å². The van der Waals surface area contributed by atoms with Crippen molar-refractivity contribution in [2.45, 2.75) is 26.2 Å². The van der Waals surface area contributed by atoms with Gasteiger partial charge in [-0.3, -0.25) is 4.79 Å². The monoisotopic (exact) mass is 264 g/mol. The highest BCUT2D eigenvalue weighted by molar-refractivity contribution is 5.79. The number of nitrogens with two attached hydrogens (primary N) is 1. The van der Waals surface area contributed by atoms with Crippen molar-refractivity contribution in [2.75, 3.05) is 20.2 Å². The van der Waals surface area contributed by atoms with Gasteiger partial charge in [0, 0.05) is 12.1 Å². The van der Waals surface area contributed by atoms with Crippen LogP contribution in [-0.2, 0) is 11.2 Å². The average Bonchev–Trinajstić information content (AvgIpc) is 2.43. The molecule has 0 aliphatic rings. The van der Waals surface area contributed by atoms with Crippen LogP contribution in [0.4, 0.5) is 0 Å². The van der Waals surface area contributed by atoms with Crippen molar-refractivity contribution in [1.29, 1.82) is 0 Å². The number of hydrogen-bond donors (Lipinski definition) is 2. The molecule has 1 rings (SSSR count). The Bertz CT molecular complexity index is 393. The summed E-state index contributed by atoms with van der Waals surface area (Å²) in [5, 5.41) is 2.93. The molecule has 0 saturated carbocycles. The number of amides is 1. The molecule has 0 aliphatic carbocycles. The van der Waals surface area contributed by atoms with Gasteiger partial charge in [0.15, 0.2) is 0 Å². The van der Waals surface area contributed by atoms with Crippen molar-refractivity contribution in [2.24, 2.45) is 11.7 Å². The van der Waals surface area contributed by atoms with E-state index in [0.29, 0.717) is 25.4 Å². The third-order valence-corrected chi connectivity index (χ3v) is 3.14. The van der Waals surface area contributed by atoms with Crippen LogP contribution in [0.1, 0.15) is 25.3 Å². The highest BCUT2D eigenvalue weighted by Crippen LogP contribution is 2.17. The summed E-state index contributed by atoms with van der Waals surface area (Å²) < 4.78 is 5.22. The van der Waals surface area contributed by atoms with Crippen molar-refractivity contribution in [3.05, 3.63) is 29.8 Å². The molecule has 0 heterocycles. The molecule has 4 nitrogen and oxygen atoms in total. The predicted octanol–water partition coefficient (Wildman–Crippen LogP) is 1.73. The standard InChI is InChI=1S/C15H24N2O2/c1-12(11-16)6-5-9-17-15(18)10-13-7-3-4-8-14(13)19-2/h3-4,7-8,12H,5-6,9-11,16H2,1-2H3,(H,17,18). The molecule has 1 aromatic carbocycles. The lowest BCUT2D eigenvalue weighted by molar-refractivity contribution is -0.120. The van der Waals surface area contributed by atoms with E-state index in [2.05, 4.69) is 12.2 Å². The zero-order valence-corrected chi connectivity index (χ0v) is 11.8. The first kappa shape index (κ1) is 15.5. The Balaban J connectivity index is 2.31. The normalized spacial score (nSPS) is 11.9. The molecule has 0 aromatic heterocycles. The second-order valence-corrected chi connectivity index (χ2v) is 4.82. The lowest BCUT2D eigenvalue weighted by atomic mass is 10.1. The summed E-state index contributed by atoms with van der Waals surface area (Å²) in [6.07, 6.45) is 2.37. The summed E-state index contributed by atoms with van der Waals surface area (Å²) in [6, 6.07) is 7.59. The number of benzene rings is 1. The Morgan fingerprint density at radius 1 is 1.42 bits per heavy atom. The molecule has 19 heavy (non-hydrogen) atoms. The van der Waals surface area contributed by atoms with E-state index in [4.69, 9.17) is 10.5 Å². The van der Waals surface area contributed by atoms with E-state index in [9.17, 15) is 4.79 Å². The smallest absolute Gasteiger partial charge is 0.224 e. The molecule has 106 valence electrons. The molecule has 1 unspecified atom stereocenters. The van der Waals surface area contributed by atoms with Gasteiger partial charge in [-0.25, -0.2) is 0 Å². The Morgan fingerprint density at radius 2 is 2.16 bits per heavy atom. The molecular weight excluding hydrogens is 240 g/mol. The maximum atomic E-state index is 11.8. The van der Waals surface area contributed by atoms with E-state index < -0.39 is 0 Å². The molecule has 0 saturated heterocycles. The summed E-state index contributed by atoms with van der Waals surface area (Å²) in [7, 11) is 1.62. The van der Waals surface area contributed by atoms with Gasteiger partial charge in [-0.15, -0.1) is 0 Å². The second-order valence-electron chi connectivity index (χ2n) is 4.82. The fourth-order valence-electron chi connectivity index (χ4n) is 1.88. The zero-order valence-electron chi connectivity index (χ0n) is 11.8. The highest BCUT2D eigenvalue weighted by atomic mass is 16.5. The van der Waals surface area contributed by atoms with E-state index in [1.165, 1.54) is 0 Å². The van der Waals surface area contributed by atoms with E-state index in [1.807, 2.05) is 24.3 Å². The topological polar surface area (TPSA) is 64.3 Å². The van der Waals surface area contributed by atoms with Crippen LogP contribution < -0.4 is 15.8 Å². The quantitative estimate of drug-likeness (QED) is 0.703. The summed E-state index contributed by atoms with van der Waals surface area (Å²) in [5.41, 5.74) is 6.46. The van der Waals surface area contributed by atoms with E-state index in [1.54, 1.807) is 7.11 Å². The molecule has 1 aromatic rings. The number of para-hydroxylation sites is 1. The number of carbonyl (C=O) groups excluding carboxylic acids is 1. The van der Waals surface area contributed by atoms with Crippen LogP contribution in [0, 0.1) is 5.92 Å². The molecule has 1 amide bonds. The Morgan fingerprint density at radius 3 is 2.84 bits per heavy atom. The van der Waals surface area contributed by atoms with Gasteiger partial charge < -0.3 is 15.8 Å². The minimum absolute atomic E-state index is 0.0323. The molecule has 0 aliphatic heterocycles. The first-order chi connectivity index (χ1) is 9.17. The maximum Gasteiger partial charge on any atom is 0.224 e. The number of rotatable bonds is 8. The minimum Gasteiger partial charge on any atom is -0.496 e. The lowest BCUT2D eigenvalue weighted by Crippen LogP contribution is -2.26. The van der Waals surface area contributed by atoms with Gasteiger partial charge in [-0.1, -0.05) is 25.1 Å². The maximum absolute atomic E-state index is 11.8. The Kier molecular flexibility index (Phi) is 6.97. The molecular formula is C15H24N2O2. The molecule has 0 spiro atoms. The number of methoxy groups -OCH3 is 1. The van der Waals surface area contributed by atoms with Crippen LogP contribution in [0.5, 0.6) is 5.75 Å². The van der Waals surface area contributed by atoms with Gasteiger partial charge in [0.05, 0.1) is 13.5 Å². The number of ether oxygens (including phenoxy) is 1. The predicted molar refractivity (Wildman–Crippen MR) is 77.2 cm³/mol. The second kappa shape index (κ2) is 8.53. The summed E-state index contributed by atoms with van der Waals surface area (Å²) in [4.78, 5) is 11.8. The fraction of sp³-hybridized carbons (Fsp3) is 0.533. The largest absolute Gasteiger partial charge is 0.496 e. The van der Waals surface area contributed by atoms with Gasteiger partial charge in [0.25, 0.3) is 0 Å². The number of hydrogen-bond acceptors (Lipinski definition) is 3. The van der Waals surface area contributed by atoms with Crippen LogP contribution >= 0.6 is 0 Å². The third kappa shape index (κ3) is 5.75. The van der Waals surface area contributed by atoms with Crippen molar-refractivity contribution >= 4 is 5.91 Å². The van der Waals surface area contributed by atoms with Crippen LogP contribution in [0.25, 0.3) is 0 Å². The lowest BCUT2D eigenvalue weighted by Gasteiger charge is -2.10. The molecule has 0 fully saturated rings. The third-order valence-electron chi connectivity index (χ3n) is 3.14. The van der Waals surface area contributed by atoms with E-state index >= 15 is 0 Å². The van der Waals surface area contributed by atoms with Crippen LogP contribution in [0.15, 0.2) is 24.3 Å². The molecule has 3 N–H and O–H groups in total. The van der Waals surface area contributed by atoms with Gasteiger partial charge in [-0.2, -0.15) is 0 Å². The highest BCUT2D eigenvalue weighted by Gasteiger charge is 2.07. The Labute approximate surface area is 115 Å². The summed E-state index contributed by atoms with van der Waals surface area (Å²) in [5.74, 6) is 1.31. The van der Waals surface area contributed by atoms with Crippen molar-refractivity contribution in [1.82, 2.24) is 5.32 Å². The molecule has 4 heteroatoms. The number of nitrogens with one attached hydrogen (secondary N) is 1. The van der Waals surface area contributed by atoms with Crippen molar-refractivity contribution in [3.63, 3.8) is 0 Å². The first-order valence-electron chi connectivity index (χ1n) is 6.76. The van der Waals surface area contributed by atoms with Gasteiger partial charge in [0.2, 0.25) is 5.91 Å². The minimum atomic E-state index is 0.0323. The van der Waals surface area contributed by atoms with Crippen LogP contribution in [0.2, 0.25) is 0 Å². The van der Waals surface area contributed by atoms with Crippen molar-refractivity contribution in [3.8, 4) is 5.75 Å². The fourth-order valence-corrected chi connectivity index (χ4v) is 1.88. The first-order valence-corrected chi connectivity index (χ1v) is 6.76. The van der Waals surface area contributed by atoms with Gasteiger partial charge in [0.1, 0.15) is 5.75 Å². The molecule has 1 atom stereocenters. The van der Waals surface area contributed by atoms with Gasteiger partial charge >= 0.3 is 0 Å². The molecule has 0 bridgehead atoms. The van der Waals surface area contributed by atoms with Crippen LogP contribution in [-0.4, -0.2) is 26.1 Å². The summed E-state index contributed by atoms with van der Waals surface area (Å²) in [6.45, 7) is 3.53. The average molecular weight is 264 g/mol. The van der Waals surface area contributed by atoms with E-state index in [-0.39, 0.29) is 5.91 Å². The van der Waals surface area contributed by atoms with Crippen molar-refractivity contribution < 1.29 is 9.53 Å². The van der Waals surface area contributed by atoms with E-state index in [0.717, 1.165) is 24.2 Å². The Hall–Kier alpha value is -1.55.